The third kappa shape index (κ3) is 15.0. The molecule has 29 rings (SSSR count). The number of anilines is 9. The molecule has 23 aromatic rings. The van der Waals surface area contributed by atoms with Crippen LogP contribution in [0.15, 0.2) is 504 Å². The van der Waals surface area contributed by atoms with Crippen LogP contribution in [0.4, 0.5) is 51.2 Å². The largest absolute Gasteiger partial charge is 0.456 e. The zero-order valence-electron chi connectivity index (χ0n) is 82.5. The lowest BCUT2D eigenvalue weighted by molar-refractivity contribution is 0.487. The molecule has 3 aliphatic carbocycles. The maximum atomic E-state index is 6.50. The number of para-hydroxylation sites is 1. The standard InChI is InChI=1S/2C49H35NO.C43H31NO/c1-49(2)44-16-7-6-14-40(44)41-29-27-39(31-45(41)49)50(37-23-18-33(19-24-37)32-10-4-3-5-11-32)38-25-20-34(21-26-38)36-22-28-42-43-15-8-12-35-13-9-17-46(48(35)43)51-47(42)30-36;1-49(2)44-16-7-6-14-40(44)43-31-39(27-29-45(43)49)50(37-23-18-33(19-24-37)32-10-4-3-5-11-32)38-25-20-34(21-26-38)36-22-28-41-42-15-8-12-35-13-9-17-46(48(35)42)51-47(41)30-36;1-43(2)38-16-7-6-14-34(38)35-25-23-33(27-39(35)43)44(31-12-4-3-5-13-31)32-21-18-28(19-22-32)30-20-24-36-37-15-8-10-29-11-9-17-40(42(29)37)45-41(36)26-30/h2*3-31H,1-2H3;3-27H,1-2H3. The van der Waals surface area contributed by atoms with Gasteiger partial charge in [0.05, 0.1) is 0 Å². The van der Waals surface area contributed by atoms with Crippen molar-refractivity contribution in [3.63, 3.8) is 0 Å². The third-order valence-electron chi connectivity index (χ3n) is 31.4. The Morgan fingerprint density at radius 2 is 0.361 bits per heavy atom. The fourth-order valence-electron chi connectivity index (χ4n) is 23.9. The molecule has 6 aliphatic rings. The molecule has 3 aliphatic heterocycles. The van der Waals surface area contributed by atoms with Crippen LogP contribution in [0.3, 0.4) is 0 Å². The Morgan fingerprint density at radius 3 is 0.701 bits per heavy atom. The molecule has 0 spiro atoms. The van der Waals surface area contributed by atoms with Crippen LogP contribution >= 0.6 is 0 Å². The van der Waals surface area contributed by atoms with Crippen molar-refractivity contribution in [1.82, 2.24) is 0 Å². The van der Waals surface area contributed by atoms with E-state index in [1.807, 2.05) is 0 Å². The van der Waals surface area contributed by atoms with Crippen molar-refractivity contribution < 1.29 is 14.2 Å². The SMILES string of the molecule is CC1(C)c2ccccc2-c2cc(N(c3ccc(-c4ccccc4)cc3)c3ccc(-c4ccc5c(c4)Oc4cccc6cccc-5c46)cc3)ccc21.CC1(C)c2ccccc2-c2ccc(N(c3ccc(-c4ccccc4)cc3)c3ccc(-c4ccc5c(c4)Oc4cccc6cccc-5c46)cc3)cc21.CC1(C)c2ccccc2-c2ccc(N(c3ccccc3)c3ccc(-c4ccc5c(c4)Oc4cccc6cccc-5c46)cc3)cc21. The highest BCUT2D eigenvalue weighted by atomic mass is 16.5. The van der Waals surface area contributed by atoms with Gasteiger partial charge in [-0.05, 0) is 319 Å². The number of ether oxygens (including phenoxy) is 3. The monoisotopic (exact) mass is 1880 g/mol. The topological polar surface area (TPSA) is 37.4 Å². The Balaban J connectivity index is 0.000000109. The molecular weight excluding hydrogens is 1780 g/mol. The maximum Gasteiger partial charge on any atom is 0.135 e. The molecule has 0 atom stereocenters. The summed E-state index contributed by atoms with van der Waals surface area (Å²) in [6.45, 7) is 14.0. The number of benzene rings is 23. The van der Waals surface area contributed by atoms with Gasteiger partial charge in [-0.3, -0.25) is 0 Å². The first-order valence-corrected chi connectivity index (χ1v) is 51.0. The van der Waals surface area contributed by atoms with Gasteiger partial charge >= 0.3 is 0 Å². The van der Waals surface area contributed by atoms with E-state index in [2.05, 4.69) is 560 Å². The van der Waals surface area contributed by atoms with Crippen LogP contribution in [-0.2, 0) is 16.2 Å². The summed E-state index contributed by atoms with van der Waals surface area (Å²) < 4.78 is 19.5. The summed E-state index contributed by atoms with van der Waals surface area (Å²) in [4.78, 5) is 7.11. The first-order valence-electron chi connectivity index (χ1n) is 51.0. The molecule has 0 saturated carbocycles. The summed E-state index contributed by atoms with van der Waals surface area (Å²) in [5, 5.41) is 7.15. The molecule has 3 heterocycles. The zero-order chi connectivity index (χ0) is 98.3. The summed E-state index contributed by atoms with van der Waals surface area (Å²) in [6, 6.07) is 182. The van der Waals surface area contributed by atoms with Crippen molar-refractivity contribution in [3.05, 3.63) is 537 Å². The Labute approximate surface area is 857 Å². The number of fused-ring (bicyclic) bond motifs is 15. The highest BCUT2D eigenvalue weighted by Crippen LogP contribution is 2.58. The molecule has 6 nitrogen and oxygen atoms in total. The van der Waals surface area contributed by atoms with Crippen molar-refractivity contribution in [2.45, 2.75) is 57.8 Å². The Bertz CT molecular complexity index is 9170. The van der Waals surface area contributed by atoms with Gasteiger partial charge < -0.3 is 28.9 Å². The molecule has 0 N–H and O–H groups in total. The maximum absolute atomic E-state index is 6.50. The second kappa shape index (κ2) is 35.1. The highest BCUT2D eigenvalue weighted by molar-refractivity contribution is 6.08. The summed E-state index contributed by atoms with van der Waals surface area (Å²) in [6.07, 6.45) is 0. The van der Waals surface area contributed by atoms with Crippen LogP contribution in [0.2, 0.25) is 0 Å². The Morgan fingerprint density at radius 1 is 0.136 bits per heavy atom. The molecule has 147 heavy (non-hydrogen) atoms. The van der Waals surface area contributed by atoms with Crippen molar-refractivity contribution in [2.24, 2.45) is 0 Å². The first-order chi connectivity index (χ1) is 72.1. The van der Waals surface area contributed by atoms with Gasteiger partial charge in [-0.1, -0.05) is 381 Å². The van der Waals surface area contributed by atoms with Crippen LogP contribution in [0, 0.1) is 0 Å². The minimum atomic E-state index is -0.0881. The highest BCUT2D eigenvalue weighted by Gasteiger charge is 2.40. The second-order valence-electron chi connectivity index (χ2n) is 40.9. The smallest absolute Gasteiger partial charge is 0.135 e. The van der Waals surface area contributed by atoms with E-state index in [0.717, 1.165) is 136 Å². The molecule has 0 aromatic heterocycles. The molecule has 0 amide bonds. The fraction of sp³-hybridized carbons (Fsp3) is 0.0638. The first kappa shape index (κ1) is 87.6. The van der Waals surface area contributed by atoms with E-state index < -0.39 is 0 Å². The summed E-state index contributed by atoms with van der Waals surface area (Å²) in [5.41, 5.74) is 44.9. The van der Waals surface area contributed by atoms with E-state index in [1.165, 1.54) is 138 Å². The molecule has 0 bridgehead atoms. The number of hydrogen-bond donors (Lipinski definition) is 0. The molecule has 6 heteroatoms. The van der Waals surface area contributed by atoms with E-state index in [-0.39, 0.29) is 16.2 Å². The number of rotatable bonds is 14. The number of hydrogen-bond acceptors (Lipinski definition) is 6. The molecular formula is C141H101N3O3. The minimum Gasteiger partial charge on any atom is -0.456 e. The fourth-order valence-corrected chi connectivity index (χ4v) is 23.9. The van der Waals surface area contributed by atoms with Gasteiger partial charge in [0, 0.05) is 100 Å². The van der Waals surface area contributed by atoms with Crippen molar-refractivity contribution in [1.29, 1.82) is 0 Å². The molecule has 698 valence electrons. The van der Waals surface area contributed by atoms with Crippen LogP contribution in [0.1, 0.15) is 74.9 Å². The van der Waals surface area contributed by atoms with Gasteiger partial charge in [0.1, 0.15) is 34.5 Å². The Kier molecular flexibility index (Phi) is 20.9. The third-order valence-corrected chi connectivity index (χ3v) is 31.4. The normalized spacial score (nSPS) is 13.3. The molecule has 23 aromatic carbocycles. The van der Waals surface area contributed by atoms with Crippen molar-refractivity contribution in [2.75, 3.05) is 14.7 Å². The predicted octanol–water partition coefficient (Wildman–Crippen LogP) is 39.5. The van der Waals surface area contributed by atoms with E-state index >= 15 is 0 Å². The lowest BCUT2D eigenvalue weighted by atomic mass is 9.82. The van der Waals surface area contributed by atoms with Gasteiger partial charge in [-0.15, -0.1) is 0 Å². The average Bonchev–Trinajstić information content (AvgIpc) is 1.73. The molecule has 0 unspecified atom stereocenters. The molecule has 0 fully saturated rings. The van der Waals surface area contributed by atoms with Crippen LogP contribution < -0.4 is 28.9 Å². The Hall–Kier alpha value is -18.4. The number of nitrogens with zero attached hydrogens (tertiary/aromatic N) is 3. The van der Waals surface area contributed by atoms with Gasteiger partial charge in [-0.2, -0.15) is 0 Å². The molecule has 0 saturated heterocycles. The van der Waals surface area contributed by atoms with E-state index in [9.17, 15) is 0 Å². The predicted molar refractivity (Wildman–Crippen MR) is 612 cm³/mol. The van der Waals surface area contributed by atoms with E-state index in [4.69, 9.17) is 14.2 Å². The quantitative estimate of drug-likeness (QED) is 0.108. The van der Waals surface area contributed by atoms with Crippen LogP contribution in [-0.4, -0.2) is 0 Å². The van der Waals surface area contributed by atoms with Crippen molar-refractivity contribution >= 4 is 83.5 Å². The second-order valence-corrected chi connectivity index (χ2v) is 40.9. The van der Waals surface area contributed by atoms with Crippen LogP contribution in [0.5, 0.6) is 34.5 Å². The zero-order valence-corrected chi connectivity index (χ0v) is 82.5. The minimum absolute atomic E-state index is 0.0402. The summed E-state index contributed by atoms with van der Waals surface area (Å²) in [7, 11) is 0. The summed E-state index contributed by atoms with van der Waals surface area (Å²) in [5.74, 6) is 5.43. The van der Waals surface area contributed by atoms with Gasteiger partial charge in [0.25, 0.3) is 0 Å². The van der Waals surface area contributed by atoms with E-state index in [1.54, 1.807) is 0 Å². The lowest BCUT2D eigenvalue weighted by Crippen LogP contribution is -2.16. The lowest BCUT2D eigenvalue weighted by Gasteiger charge is -2.28. The van der Waals surface area contributed by atoms with E-state index in [0.29, 0.717) is 0 Å². The molecule has 0 radical (unpaired) electrons. The van der Waals surface area contributed by atoms with Gasteiger partial charge in [0.15, 0.2) is 0 Å². The van der Waals surface area contributed by atoms with Crippen LogP contribution in [0.25, 0.3) is 155 Å². The van der Waals surface area contributed by atoms with Gasteiger partial charge in [-0.25, -0.2) is 0 Å². The van der Waals surface area contributed by atoms with Gasteiger partial charge in [0.2, 0.25) is 0 Å². The average molecular weight is 1890 g/mol. The van der Waals surface area contributed by atoms with Crippen molar-refractivity contribution in [3.8, 4) is 157 Å². The summed E-state index contributed by atoms with van der Waals surface area (Å²) >= 11 is 0.